The van der Waals surface area contributed by atoms with Crippen LogP contribution in [0.5, 0.6) is 0 Å². The topological polar surface area (TPSA) is 63.5 Å². The van der Waals surface area contributed by atoms with Crippen molar-refractivity contribution in [2.24, 2.45) is 4.99 Å². The number of anilines is 1. The number of thiazole rings is 1. The molecule has 0 spiro atoms. The first kappa shape index (κ1) is 18.3. The summed E-state index contributed by atoms with van der Waals surface area (Å²) in [6.07, 6.45) is 1.76. The lowest BCUT2D eigenvalue weighted by atomic mass is 10.2. The third-order valence-electron chi connectivity index (χ3n) is 3.60. The van der Waals surface area contributed by atoms with E-state index in [1.807, 2.05) is 34.9 Å². The Bertz CT molecular complexity index is 1060. The second kappa shape index (κ2) is 7.80. The van der Waals surface area contributed by atoms with Crippen molar-refractivity contribution in [1.29, 1.82) is 0 Å². The number of benzene rings is 2. The lowest BCUT2D eigenvalue weighted by molar-refractivity contribution is -0.114. The highest BCUT2D eigenvalue weighted by Crippen LogP contribution is 2.22. The lowest BCUT2D eigenvalue weighted by Crippen LogP contribution is -2.16. The number of carbonyl (C=O) groups is 2. The van der Waals surface area contributed by atoms with Crippen molar-refractivity contribution in [3.8, 4) is 0 Å². The number of nitrogens with one attached hydrogen (secondary N) is 1. The van der Waals surface area contributed by atoms with Crippen LogP contribution >= 0.6 is 27.3 Å². The van der Waals surface area contributed by atoms with Gasteiger partial charge in [-0.15, -0.1) is 6.58 Å². The average molecular weight is 430 g/mol. The molecular formula is C19H16BrN3O2S. The molecule has 0 atom stereocenters. The van der Waals surface area contributed by atoms with Gasteiger partial charge in [-0.3, -0.25) is 9.59 Å². The maximum Gasteiger partial charge on any atom is 0.279 e. The molecule has 0 aliphatic carbocycles. The first-order valence-corrected chi connectivity index (χ1v) is 9.45. The van der Waals surface area contributed by atoms with E-state index >= 15 is 0 Å². The van der Waals surface area contributed by atoms with E-state index in [1.165, 1.54) is 18.3 Å². The number of aromatic nitrogens is 1. The van der Waals surface area contributed by atoms with Gasteiger partial charge in [-0.2, -0.15) is 4.99 Å². The van der Waals surface area contributed by atoms with Crippen molar-refractivity contribution in [1.82, 2.24) is 4.57 Å². The van der Waals surface area contributed by atoms with Gasteiger partial charge in [-0.05, 0) is 42.5 Å². The van der Waals surface area contributed by atoms with Crippen molar-refractivity contribution in [2.75, 3.05) is 5.32 Å². The first-order valence-electron chi connectivity index (χ1n) is 7.84. The number of halogens is 1. The summed E-state index contributed by atoms with van der Waals surface area (Å²) >= 11 is 4.75. The van der Waals surface area contributed by atoms with E-state index in [4.69, 9.17) is 0 Å². The van der Waals surface area contributed by atoms with Gasteiger partial charge < -0.3 is 9.88 Å². The summed E-state index contributed by atoms with van der Waals surface area (Å²) in [5, 5.41) is 2.77. The third-order valence-corrected chi connectivity index (χ3v) is 5.17. The average Bonchev–Trinajstić information content (AvgIpc) is 2.92. The summed E-state index contributed by atoms with van der Waals surface area (Å²) in [6.45, 7) is 5.78. The Kier molecular flexibility index (Phi) is 5.49. The van der Waals surface area contributed by atoms with Crippen LogP contribution in [0.2, 0.25) is 0 Å². The van der Waals surface area contributed by atoms with E-state index in [2.05, 4.69) is 32.8 Å². The molecule has 5 nitrogen and oxygen atoms in total. The van der Waals surface area contributed by atoms with Gasteiger partial charge in [-0.1, -0.05) is 33.3 Å². The maximum atomic E-state index is 12.5. The van der Waals surface area contributed by atoms with Gasteiger partial charge in [0, 0.05) is 29.2 Å². The number of carbonyl (C=O) groups excluding carboxylic acids is 2. The maximum absolute atomic E-state index is 12.5. The minimum Gasteiger partial charge on any atom is -0.326 e. The van der Waals surface area contributed by atoms with E-state index in [9.17, 15) is 9.59 Å². The van der Waals surface area contributed by atoms with Gasteiger partial charge in [0.05, 0.1) is 10.2 Å². The lowest BCUT2D eigenvalue weighted by Gasteiger charge is -2.03. The monoisotopic (exact) mass is 429 g/mol. The van der Waals surface area contributed by atoms with Crippen LogP contribution < -0.4 is 10.1 Å². The molecule has 0 saturated carbocycles. The van der Waals surface area contributed by atoms with Crippen LogP contribution in [0.4, 0.5) is 5.69 Å². The molecule has 2 amide bonds. The molecule has 3 aromatic rings. The summed E-state index contributed by atoms with van der Waals surface area (Å²) in [6, 6.07) is 12.7. The fraction of sp³-hybridized carbons (Fsp3) is 0.105. The molecule has 0 aliphatic heterocycles. The van der Waals surface area contributed by atoms with Gasteiger partial charge in [0.2, 0.25) is 5.91 Å². The van der Waals surface area contributed by atoms with Crippen molar-refractivity contribution in [3.05, 3.63) is 70.0 Å². The highest BCUT2D eigenvalue weighted by molar-refractivity contribution is 9.10. The molecule has 0 saturated heterocycles. The highest BCUT2D eigenvalue weighted by atomic mass is 79.9. The van der Waals surface area contributed by atoms with E-state index in [1.54, 1.807) is 18.2 Å². The standard InChI is InChI=1S/C19H16BrN3O2S/c1-3-10-23-16-9-8-15(21-12(2)24)11-17(16)26-19(23)22-18(25)13-4-6-14(20)7-5-13/h3-9,11H,1,10H2,2H3,(H,21,24). The summed E-state index contributed by atoms with van der Waals surface area (Å²) in [7, 11) is 0. The van der Waals surface area contributed by atoms with Gasteiger partial charge in [0.25, 0.3) is 5.91 Å². The molecule has 0 unspecified atom stereocenters. The summed E-state index contributed by atoms with van der Waals surface area (Å²) in [5.74, 6) is -0.431. The van der Waals surface area contributed by atoms with Gasteiger partial charge in [0.1, 0.15) is 0 Å². The van der Waals surface area contributed by atoms with Crippen LogP contribution in [0.25, 0.3) is 10.2 Å². The number of hydrogen-bond acceptors (Lipinski definition) is 3. The highest BCUT2D eigenvalue weighted by Gasteiger charge is 2.10. The third kappa shape index (κ3) is 4.00. The molecule has 132 valence electrons. The summed E-state index contributed by atoms with van der Waals surface area (Å²) in [4.78, 5) is 28.6. The quantitative estimate of drug-likeness (QED) is 0.626. The Morgan fingerprint density at radius 1 is 1.27 bits per heavy atom. The number of nitrogens with zero attached hydrogens (tertiary/aromatic N) is 2. The molecule has 1 aromatic heterocycles. The molecule has 7 heteroatoms. The predicted octanol–water partition coefficient (Wildman–Crippen LogP) is 4.35. The number of fused-ring (bicyclic) bond motifs is 1. The van der Waals surface area contributed by atoms with Crippen LogP contribution in [-0.4, -0.2) is 16.4 Å². The minimum atomic E-state index is -0.302. The van der Waals surface area contributed by atoms with E-state index < -0.39 is 0 Å². The van der Waals surface area contributed by atoms with Crippen LogP contribution in [0.3, 0.4) is 0 Å². The number of amides is 2. The molecule has 1 N–H and O–H groups in total. The van der Waals surface area contributed by atoms with E-state index in [-0.39, 0.29) is 11.8 Å². The SMILES string of the molecule is C=CCn1c(=NC(=O)c2ccc(Br)cc2)sc2cc(NC(C)=O)ccc21. The molecular weight excluding hydrogens is 414 g/mol. The number of hydrogen-bond donors (Lipinski definition) is 1. The van der Waals surface area contributed by atoms with Crippen molar-refractivity contribution in [3.63, 3.8) is 0 Å². The fourth-order valence-corrected chi connectivity index (χ4v) is 3.83. The van der Waals surface area contributed by atoms with Gasteiger partial charge in [0.15, 0.2) is 4.80 Å². The Hall–Kier alpha value is -2.51. The zero-order valence-corrected chi connectivity index (χ0v) is 16.4. The summed E-state index contributed by atoms with van der Waals surface area (Å²) < 4.78 is 3.77. The first-order chi connectivity index (χ1) is 12.5. The molecule has 0 radical (unpaired) electrons. The molecule has 3 rings (SSSR count). The Morgan fingerprint density at radius 2 is 2.00 bits per heavy atom. The Morgan fingerprint density at radius 3 is 2.65 bits per heavy atom. The smallest absolute Gasteiger partial charge is 0.279 e. The van der Waals surface area contributed by atoms with Crippen molar-refractivity contribution < 1.29 is 9.59 Å². The molecule has 1 heterocycles. The van der Waals surface area contributed by atoms with Crippen LogP contribution in [0, 0.1) is 0 Å². The van der Waals surface area contributed by atoms with Crippen LogP contribution in [0.1, 0.15) is 17.3 Å². The molecule has 0 bridgehead atoms. The van der Waals surface area contributed by atoms with Crippen molar-refractivity contribution >= 4 is 55.0 Å². The Balaban J connectivity index is 2.09. The predicted molar refractivity (Wildman–Crippen MR) is 108 cm³/mol. The van der Waals surface area contributed by atoms with Crippen molar-refractivity contribution in [2.45, 2.75) is 13.5 Å². The normalized spacial score (nSPS) is 11.5. The Labute approximate surface area is 162 Å². The molecule has 0 fully saturated rings. The van der Waals surface area contributed by atoms with Gasteiger partial charge >= 0.3 is 0 Å². The zero-order chi connectivity index (χ0) is 18.7. The largest absolute Gasteiger partial charge is 0.326 e. The van der Waals surface area contributed by atoms with E-state index in [0.29, 0.717) is 22.6 Å². The molecule has 26 heavy (non-hydrogen) atoms. The fourth-order valence-electron chi connectivity index (χ4n) is 2.49. The molecule has 0 aliphatic rings. The number of rotatable bonds is 4. The second-order valence-corrected chi connectivity index (χ2v) is 7.50. The minimum absolute atomic E-state index is 0.129. The zero-order valence-electron chi connectivity index (χ0n) is 14.0. The summed E-state index contributed by atoms with van der Waals surface area (Å²) in [5.41, 5.74) is 2.17. The number of allylic oxidation sites excluding steroid dienone is 1. The van der Waals surface area contributed by atoms with Crippen LogP contribution in [0.15, 0.2) is 64.6 Å². The van der Waals surface area contributed by atoms with Gasteiger partial charge in [-0.25, -0.2) is 0 Å². The van der Waals surface area contributed by atoms with Crippen LogP contribution in [-0.2, 0) is 11.3 Å². The molecule has 2 aromatic carbocycles. The van der Waals surface area contributed by atoms with E-state index in [0.717, 1.165) is 14.7 Å². The second-order valence-electron chi connectivity index (χ2n) is 5.57.